The van der Waals surface area contributed by atoms with E-state index in [4.69, 9.17) is 15.2 Å². The van der Waals surface area contributed by atoms with Crippen LogP contribution in [0.15, 0.2) is 12.1 Å². The first-order valence-corrected chi connectivity index (χ1v) is 15.3. The number of hydrogen-bond acceptors (Lipinski definition) is 6. The van der Waals surface area contributed by atoms with Crippen molar-refractivity contribution in [3.05, 3.63) is 46.0 Å². The van der Waals surface area contributed by atoms with Gasteiger partial charge in [0.2, 0.25) is 0 Å². The largest absolute Gasteiger partial charge is 0.382 e. The number of Topliss-reactive ketones (excluding diaryl/α,β-unsaturated/α-hetero) is 1. The summed E-state index contributed by atoms with van der Waals surface area (Å²) >= 11 is 0. The van der Waals surface area contributed by atoms with Crippen molar-refractivity contribution in [3.63, 3.8) is 0 Å². The number of rotatable bonds is 8. The Bertz CT molecular complexity index is 1320. The second-order valence-electron chi connectivity index (χ2n) is 13.1. The number of nitrogens with one attached hydrogen (secondary N) is 1. The molecule has 3 N–H and O–H groups in total. The number of aromatic nitrogens is 1. The molecule has 1 saturated heterocycles. The van der Waals surface area contributed by atoms with Crippen molar-refractivity contribution in [1.29, 1.82) is 0 Å². The van der Waals surface area contributed by atoms with Crippen LogP contribution in [0.5, 0.6) is 0 Å². The fourth-order valence-electron chi connectivity index (χ4n) is 7.34. The van der Waals surface area contributed by atoms with E-state index in [9.17, 15) is 9.59 Å². The Morgan fingerprint density at radius 3 is 2.59 bits per heavy atom. The van der Waals surface area contributed by atoms with Gasteiger partial charge in [-0.25, -0.2) is 4.39 Å². The van der Waals surface area contributed by atoms with Gasteiger partial charge in [-0.3, -0.25) is 9.59 Å². The van der Waals surface area contributed by atoms with Crippen molar-refractivity contribution >= 4 is 17.4 Å². The summed E-state index contributed by atoms with van der Waals surface area (Å²) in [5, 5.41) is 3.46. The number of halogens is 1. The first kappa shape index (κ1) is 28.4. The van der Waals surface area contributed by atoms with Crippen LogP contribution in [0.3, 0.4) is 0 Å². The highest BCUT2D eigenvalue weighted by atomic mass is 19.1. The first-order valence-electron chi connectivity index (χ1n) is 15.3. The van der Waals surface area contributed by atoms with Crippen LogP contribution in [0, 0.1) is 11.2 Å². The number of ketones is 1. The van der Waals surface area contributed by atoms with Gasteiger partial charge in [-0.05, 0) is 75.6 Å². The molecule has 222 valence electrons. The lowest BCUT2D eigenvalue weighted by atomic mass is 9.75. The topological polar surface area (TPSA) is 98.8 Å². The first-order chi connectivity index (χ1) is 19.7. The SMILES string of the molecule is CC1(C)CC(=O)c2c3c(n(-c4cc(F)c(C(N)=O)c(NC5CCC(OCCN6CCCCC6)CC5)c4)c2C1)COC3. The van der Waals surface area contributed by atoms with E-state index in [-0.39, 0.29) is 28.9 Å². The summed E-state index contributed by atoms with van der Waals surface area (Å²) in [5.41, 5.74) is 9.75. The maximum absolute atomic E-state index is 15.6. The van der Waals surface area contributed by atoms with Gasteiger partial charge in [-0.2, -0.15) is 0 Å². The van der Waals surface area contributed by atoms with Gasteiger partial charge in [0.1, 0.15) is 5.82 Å². The zero-order valence-electron chi connectivity index (χ0n) is 24.4. The highest BCUT2D eigenvalue weighted by molar-refractivity contribution is 6.01. The Hall–Kier alpha value is -2.75. The Morgan fingerprint density at radius 2 is 1.85 bits per heavy atom. The second-order valence-corrected chi connectivity index (χ2v) is 13.1. The zero-order chi connectivity index (χ0) is 28.7. The summed E-state index contributed by atoms with van der Waals surface area (Å²) in [5.74, 6) is -1.35. The van der Waals surface area contributed by atoms with E-state index in [1.165, 1.54) is 38.4 Å². The maximum atomic E-state index is 15.6. The minimum Gasteiger partial charge on any atom is -0.382 e. The van der Waals surface area contributed by atoms with Crippen molar-refractivity contribution < 1.29 is 23.5 Å². The molecule has 0 atom stereocenters. The van der Waals surface area contributed by atoms with Crippen LogP contribution in [-0.2, 0) is 29.1 Å². The van der Waals surface area contributed by atoms with E-state index in [0.717, 1.165) is 61.3 Å². The Kier molecular flexibility index (Phi) is 7.96. The number of anilines is 1. The lowest BCUT2D eigenvalue weighted by Crippen LogP contribution is -2.35. The van der Waals surface area contributed by atoms with Gasteiger partial charge in [0, 0.05) is 35.8 Å². The number of primary amides is 1. The second kappa shape index (κ2) is 11.5. The third-order valence-corrected chi connectivity index (χ3v) is 9.35. The number of carbonyl (C=O) groups excluding carboxylic acids is 2. The Morgan fingerprint density at radius 1 is 1.10 bits per heavy atom. The van der Waals surface area contributed by atoms with E-state index >= 15 is 4.39 Å². The molecule has 2 aliphatic heterocycles. The zero-order valence-corrected chi connectivity index (χ0v) is 24.4. The number of nitrogens with two attached hydrogens (primary N) is 1. The smallest absolute Gasteiger partial charge is 0.253 e. The molecular weight excluding hydrogens is 523 g/mol. The summed E-state index contributed by atoms with van der Waals surface area (Å²) < 4.78 is 29.5. The Labute approximate surface area is 241 Å². The lowest BCUT2D eigenvalue weighted by Gasteiger charge is -2.32. The molecule has 0 unspecified atom stereocenters. The minimum absolute atomic E-state index is 0.0813. The number of hydrogen-bond donors (Lipinski definition) is 2. The highest BCUT2D eigenvalue weighted by Gasteiger charge is 2.39. The normalized spacial score (nSPS) is 24.2. The quantitative estimate of drug-likeness (QED) is 0.460. The molecule has 0 bridgehead atoms. The third-order valence-electron chi connectivity index (χ3n) is 9.35. The molecule has 1 aromatic carbocycles. The van der Waals surface area contributed by atoms with E-state index in [0.29, 0.717) is 37.4 Å². The summed E-state index contributed by atoms with van der Waals surface area (Å²) in [7, 11) is 0. The van der Waals surface area contributed by atoms with Gasteiger partial charge in [-0.1, -0.05) is 20.3 Å². The van der Waals surface area contributed by atoms with Crippen molar-refractivity contribution in [2.75, 3.05) is 31.6 Å². The van der Waals surface area contributed by atoms with Crippen LogP contribution in [0.4, 0.5) is 10.1 Å². The van der Waals surface area contributed by atoms with Gasteiger partial charge in [0.05, 0.1) is 48.6 Å². The molecular formula is C32H43FN4O4. The average molecular weight is 567 g/mol. The molecule has 3 heterocycles. The van der Waals surface area contributed by atoms with Crippen LogP contribution in [-0.4, -0.2) is 59.5 Å². The van der Waals surface area contributed by atoms with Gasteiger partial charge in [0.25, 0.3) is 5.91 Å². The maximum Gasteiger partial charge on any atom is 0.253 e. The van der Waals surface area contributed by atoms with Crippen molar-refractivity contribution in [2.45, 2.75) is 97.0 Å². The van der Waals surface area contributed by atoms with Gasteiger partial charge >= 0.3 is 0 Å². The van der Waals surface area contributed by atoms with E-state index in [1.807, 2.05) is 10.6 Å². The van der Waals surface area contributed by atoms with Crippen LogP contribution in [0.1, 0.15) is 103 Å². The predicted octanol–water partition coefficient (Wildman–Crippen LogP) is 5.13. The van der Waals surface area contributed by atoms with Crippen LogP contribution in [0.2, 0.25) is 0 Å². The fraction of sp³-hybridized carbons (Fsp3) is 0.625. The number of amides is 1. The summed E-state index contributed by atoms with van der Waals surface area (Å²) in [6.07, 6.45) is 8.86. The number of likely N-dealkylation sites (tertiary alicyclic amines) is 1. The molecule has 9 heteroatoms. The number of fused-ring (bicyclic) bond motifs is 3. The molecule has 0 spiro atoms. The average Bonchev–Trinajstić information content (AvgIpc) is 3.49. The predicted molar refractivity (Wildman–Crippen MR) is 155 cm³/mol. The fourth-order valence-corrected chi connectivity index (χ4v) is 7.34. The molecule has 1 saturated carbocycles. The van der Waals surface area contributed by atoms with Gasteiger partial charge in [0.15, 0.2) is 5.78 Å². The third kappa shape index (κ3) is 5.81. The Balaban J connectivity index is 1.21. The molecule has 0 radical (unpaired) electrons. The van der Waals surface area contributed by atoms with E-state index in [2.05, 4.69) is 24.1 Å². The number of nitrogens with zero attached hydrogens (tertiary/aromatic N) is 2. The molecule has 6 rings (SSSR count). The van der Waals surface area contributed by atoms with Crippen molar-refractivity contribution in [3.8, 4) is 5.69 Å². The minimum atomic E-state index is -0.800. The number of carbonyl (C=O) groups is 2. The van der Waals surface area contributed by atoms with Gasteiger partial charge in [-0.15, -0.1) is 0 Å². The highest BCUT2D eigenvalue weighted by Crippen LogP contribution is 2.43. The molecule has 2 aliphatic carbocycles. The van der Waals surface area contributed by atoms with E-state index < -0.39 is 11.7 Å². The molecule has 41 heavy (non-hydrogen) atoms. The van der Waals surface area contributed by atoms with Crippen LogP contribution in [0.25, 0.3) is 5.69 Å². The number of ether oxygens (including phenoxy) is 2. The molecule has 1 aromatic heterocycles. The molecule has 2 fully saturated rings. The molecule has 2 aromatic rings. The summed E-state index contributed by atoms with van der Waals surface area (Å²) in [6.45, 7) is 9.02. The van der Waals surface area contributed by atoms with Gasteiger partial charge < -0.3 is 30.0 Å². The van der Waals surface area contributed by atoms with Crippen molar-refractivity contribution in [2.24, 2.45) is 11.1 Å². The molecule has 1 amide bonds. The summed E-state index contributed by atoms with van der Waals surface area (Å²) in [4.78, 5) is 28.1. The lowest BCUT2D eigenvalue weighted by molar-refractivity contribution is 0.0123. The monoisotopic (exact) mass is 566 g/mol. The van der Waals surface area contributed by atoms with E-state index in [1.54, 1.807) is 0 Å². The van der Waals surface area contributed by atoms with Crippen LogP contribution >= 0.6 is 0 Å². The number of piperidine rings is 1. The molecule has 8 nitrogen and oxygen atoms in total. The van der Waals surface area contributed by atoms with Crippen LogP contribution < -0.4 is 11.1 Å². The standard InChI is InChI=1S/C32H43FN4O4/c1-32(2)16-26-29(28(38)17-32)23-18-40-19-27(23)37(26)21-14-24(33)30(31(34)39)25(15-21)35-20-6-8-22(9-7-20)41-13-12-36-10-4-3-5-11-36/h14-15,20,22,35H,3-13,16-19H2,1-2H3,(H2,34,39). The molecule has 4 aliphatic rings. The summed E-state index contributed by atoms with van der Waals surface area (Å²) in [6, 6.07) is 3.26. The van der Waals surface area contributed by atoms with Crippen molar-refractivity contribution in [1.82, 2.24) is 9.47 Å². The number of benzene rings is 1.